The van der Waals surface area contributed by atoms with E-state index in [4.69, 9.17) is 4.74 Å². The van der Waals surface area contributed by atoms with Gasteiger partial charge < -0.3 is 9.47 Å². The van der Waals surface area contributed by atoms with Crippen LogP contribution in [0, 0.1) is 0 Å². The van der Waals surface area contributed by atoms with Gasteiger partial charge in [-0.15, -0.1) is 0 Å². The molecular weight excluding hydrogens is 212 g/mol. The van der Waals surface area contributed by atoms with Crippen molar-refractivity contribution in [1.29, 1.82) is 0 Å². The number of hydrogen-bond donors (Lipinski definition) is 1. The number of esters is 1. The molecule has 1 aliphatic heterocycles. The SMILES string of the molecule is COC(=O)[C@@H]1CNCN1C(=O)OC(C)(C)C. The summed E-state index contributed by atoms with van der Waals surface area (Å²) < 4.78 is 9.80. The molecule has 1 rings (SSSR count). The predicted octanol–water partition coefficient (Wildman–Crippen LogP) is 0.326. The predicted molar refractivity (Wildman–Crippen MR) is 56.7 cm³/mol. The van der Waals surface area contributed by atoms with Gasteiger partial charge in [-0.3, -0.25) is 10.2 Å². The lowest BCUT2D eigenvalue weighted by atomic mass is 10.2. The Morgan fingerprint density at radius 1 is 1.38 bits per heavy atom. The summed E-state index contributed by atoms with van der Waals surface area (Å²) in [5.74, 6) is -0.434. The normalized spacial score (nSPS) is 20.8. The number of carbonyl (C=O) groups excluding carboxylic acids is 2. The second kappa shape index (κ2) is 4.69. The third-order valence-corrected chi connectivity index (χ3v) is 2.10. The number of carbonyl (C=O) groups is 2. The fourth-order valence-corrected chi connectivity index (χ4v) is 1.40. The van der Waals surface area contributed by atoms with E-state index in [9.17, 15) is 9.59 Å². The Labute approximate surface area is 94.9 Å². The molecule has 6 heteroatoms. The number of nitrogens with zero attached hydrogens (tertiary/aromatic N) is 1. The van der Waals surface area contributed by atoms with Crippen molar-refractivity contribution in [3.8, 4) is 0 Å². The van der Waals surface area contributed by atoms with Crippen LogP contribution in [0.2, 0.25) is 0 Å². The van der Waals surface area contributed by atoms with Crippen LogP contribution in [0.3, 0.4) is 0 Å². The third-order valence-electron chi connectivity index (χ3n) is 2.10. The number of hydrogen-bond acceptors (Lipinski definition) is 5. The van der Waals surface area contributed by atoms with Crippen LogP contribution in [0.15, 0.2) is 0 Å². The lowest BCUT2D eigenvalue weighted by molar-refractivity contribution is -0.145. The zero-order valence-electron chi connectivity index (χ0n) is 10.1. The molecule has 1 fully saturated rings. The summed E-state index contributed by atoms with van der Waals surface area (Å²) in [6.07, 6.45) is -0.507. The molecule has 0 aliphatic carbocycles. The van der Waals surface area contributed by atoms with Crippen LogP contribution < -0.4 is 5.32 Å². The average molecular weight is 230 g/mol. The zero-order chi connectivity index (χ0) is 12.3. The molecule has 0 saturated carbocycles. The first-order valence-electron chi connectivity index (χ1n) is 5.13. The maximum absolute atomic E-state index is 11.7. The van der Waals surface area contributed by atoms with Crippen molar-refractivity contribution in [2.24, 2.45) is 0 Å². The van der Waals surface area contributed by atoms with Crippen molar-refractivity contribution in [1.82, 2.24) is 10.2 Å². The van der Waals surface area contributed by atoms with Gasteiger partial charge in [0.25, 0.3) is 0 Å². The molecule has 0 aromatic carbocycles. The molecular formula is C10H18N2O4. The molecule has 1 atom stereocenters. The molecule has 0 aromatic heterocycles. The minimum atomic E-state index is -0.597. The van der Waals surface area contributed by atoms with E-state index in [-0.39, 0.29) is 0 Å². The summed E-state index contributed by atoms with van der Waals surface area (Å²) in [4.78, 5) is 24.5. The van der Waals surface area contributed by atoms with Crippen LogP contribution >= 0.6 is 0 Å². The van der Waals surface area contributed by atoms with E-state index in [1.807, 2.05) is 0 Å². The van der Waals surface area contributed by atoms with Gasteiger partial charge in [-0.1, -0.05) is 0 Å². The highest BCUT2D eigenvalue weighted by molar-refractivity contribution is 5.82. The van der Waals surface area contributed by atoms with Gasteiger partial charge in [0.1, 0.15) is 11.6 Å². The molecule has 0 spiro atoms. The Balaban J connectivity index is 2.65. The molecule has 0 unspecified atom stereocenters. The standard InChI is InChI=1S/C10H18N2O4/c1-10(2,3)16-9(14)12-6-11-5-7(12)8(13)15-4/h7,11H,5-6H2,1-4H3/t7-/m0/s1. The van der Waals surface area contributed by atoms with E-state index in [0.717, 1.165) is 0 Å². The van der Waals surface area contributed by atoms with Crippen LogP contribution in [0.4, 0.5) is 4.79 Å². The molecule has 0 bridgehead atoms. The van der Waals surface area contributed by atoms with Gasteiger partial charge in [0, 0.05) is 6.54 Å². The van der Waals surface area contributed by atoms with Crippen molar-refractivity contribution < 1.29 is 19.1 Å². The number of nitrogens with one attached hydrogen (secondary N) is 1. The van der Waals surface area contributed by atoms with Crippen LogP contribution in [0.1, 0.15) is 20.8 Å². The van der Waals surface area contributed by atoms with Gasteiger partial charge >= 0.3 is 12.1 Å². The molecule has 1 amide bonds. The average Bonchev–Trinajstić information content (AvgIpc) is 2.62. The minimum Gasteiger partial charge on any atom is -0.467 e. The van der Waals surface area contributed by atoms with Gasteiger partial charge in [0.05, 0.1) is 13.8 Å². The van der Waals surface area contributed by atoms with Gasteiger partial charge in [-0.05, 0) is 20.8 Å². The Morgan fingerprint density at radius 3 is 2.50 bits per heavy atom. The summed E-state index contributed by atoms with van der Waals surface area (Å²) in [7, 11) is 1.30. The van der Waals surface area contributed by atoms with Crippen molar-refractivity contribution in [3.05, 3.63) is 0 Å². The Morgan fingerprint density at radius 2 is 2.00 bits per heavy atom. The number of rotatable bonds is 1. The molecule has 1 saturated heterocycles. The number of methoxy groups -OCH3 is 1. The molecule has 6 nitrogen and oxygen atoms in total. The molecule has 0 radical (unpaired) electrons. The maximum Gasteiger partial charge on any atom is 0.412 e. The van der Waals surface area contributed by atoms with Crippen molar-refractivity contribution in [2.75, 3.05) is 20.3 Å². The third kappa shape index (κ3) is 3.10. The van der Waals surface area contributed by atoms with Crippen LogP contribution in [0.25, 0.3) is 0 Å². The molecule has 1 heterocycles. The van der Waals surface area contributed by atoms with Gasteiger partial charge in [0.2, 0.25) is 0 Å². The summed E-state index contributed by atoms with van der Waals surface area (Å²) in [6.45, 7) is 6.03. The monoisotopic (exact) mass is 230 g/mol. The summed E-state index contributed by atoms with van der Waals surface area (Å²) >= 11 is 0. The smallest absolute Gasteiger partial charge is 0.412 e. The zero-order valence-corrected chi connectivity index (χ0v) is 10.1. The molecule has 1 aliphatic rings. The topological polar surface area (TPSA) is 67.9 Å². The Hall–Kier alpha value is -1.30. The summed E-state index contributed by atoms with van der Waals surface area (Å²) in [6, 6.07) is -0.597. The Kier molecular flexibility index (Phi) is 3.74. The molecule has 92 valence electrons. The molecule has 0 aromatic rings. The second-order valence-corrected chi connectivity index (χ2v) is 4.60. The summed E-state index contributed by atoms with van der Waals surface area (Å²) in [5, 5.41) is 2.93. The second-order valence-electron chi connectivity index (χ2n) is 4.60. The van der Waals surface area contributed by atoms with E-state index in [1.54, 1.807) is 20.8 Å². The fraction of sp³-hybridized carbons (Fsp3) is 0.800. The maximum atomic E-state index is 11.7. The molecule has 16 heavy (non-hydrogen) atoms. The minimum absolute atomic E-state index is 0.300. The van der Waals surface area contributed by atoms with Crippen molar-refractivity contribution in [2.45, 2.75) is 32.4 Å². The highest BCUT2D eigenvalue weighted by Crippen LogP contribution is 2.14. The van der Waals surface area contributed by atoms with E-state index in [0.29, 0.717) is 13.2 Å². The highest BCUT2D eigenvalue weighted by atomic mass is 16.6. The fourth-order valence-electron chi connectivity index (χ4n) is 1.40. The van der Waals surface area contributed by atoms with Crippen LogP contribution in [-0.2, 0) is 14.3 Å². The van der Waals surface area contributed by atoms with E-state index < -0.39 is 23.7 Å². The first-order chi connectivity index (χ1) is 7.35. The van der Waals surface area contributed by atoms with Gasteiger partial charge in [-0.25, -0.2) is 9.59 Å². The first kappa shape index (κ1) is 12.8. The van der Waals surface area contributed by atoms with Crippen LogP contribution in [0.5, 0.6) is 0 Å². The van der Waals surface area contributed by atoms with Crippen molar-refractivity contribution in [3.63, 3.8) is 0 Å². The van der Waals surface area contributed by atoms with Gasteiger partial charge in [-0.2, -0.15) is 0 Å². The largest absolute Gasteiger partial charge is 0.467 e. The Bertz CT molecular complexity index is 285. The lowest BCUT2D eigenvalue weighted by Crippen LogP contribution is -2.44. The van der Waals surface area contributed by atoms with Crippen molar-refractivity contribution >= 4 is 12.1 Å². The summed E-state index contributed by atoms with van der Waals surface area (Å²) in [5.41, 5.74) is -0.569. The quantitative estimate of drug-likeness (QED) is 0.657. The van der Waals surface area contributed by atoms with Gasteiger partial charge in [0.15, 0.2) is 0 Å². The van der Waals surface area contributed by atoms with E-state index in [2.05, 4.69) is 10.1 Å². The lowest BCUT2D eigenvalue weighted by Gasteiger charge is -2.26. The highest BCUT2D eigenvalue weighted by Gasteiger charge is 2.37. The van der Waals surface area contributed by atoms with Crippen LogP contribution in [-0.4, -0.2) is 48.9 Å². The van der Waals surface area contributed by atoms with E-state index >= 15 is 0 Å². The molecule has 1 N–H and O–H groups in total. The first-order valence-corrected chi connectivity index (χ1v) is 5.13. The number of ether oxygens (including phenoxy) is 2. The number of amides is 1. The van der Waals surface area contributed by atoms with E-state index in [1.165, 1.54) is 12.0 Å².